The predicted molar refractivity (Wildman–Crippen MR) is 115 cm³/mol. The molecule has 1 N–H and O–H groups in total. The highest BCUT2D eigenvalue weighted by molar-refractivity contribution is 7.17. The van der Waals surface area contributed by atoms with E-state index in [1.807, 2.05) is 4.90 Å². The highest BCUT2D eigenvalue weighted by Crippen LogP contribution is 2.22. The Morgan fingerprint density at radius 2 is 2.07 bits per heavy atom. The third-order valence-electron chi connectivity index (χ3n) is 5.86. The number of hydrogen-bond donors (Lipinski definition) is 1. The molecule has 2 aliphatic heterocycles. The first kappa shape index (κ1) is 20.3. The van der Waals surface area contributed by atoms with Gasteiger partial charge in [-0.2, -0.15) is 0 Å². The van der Waals surface area contributed by atoms with Crippen LogP contribution in [0.25, 0.3) is 10.1 Å². The van der Waals surface area contributed by atoms with Crippen LogP contribution in [0.2, 0.25) is 0 Å². The highest BCUT2D eigenvalue weighted by Gasteiger charge is 2.29. The predicted octanol–water partition coefficient (Wildman–Crippen LogP) is 2.48. The molecule has 29 heavy (non-hydrogen) atoms. The lowest BCUT2D eigenvalue weighted by Gasteiger charge is -2.33. The summed E-state index contributed by atoms with van der Waals surface area (Å²) >= 11 is 1.72. The lowest BCUT2D eigenvalue weighted by Crippen LogP contribution is -2.46. The number of hydrogen-bond acceptors (Lipinski definition) is 5. The summed E-state index contributed by atoms with van der Waals surface area (Å²) in [6.07, 6.45) is 2.06. The monoisotopic (exact) mass is 415 g/mol. The van der Waals surface area contributed by atoms with E-state index in [0.29, 0.717) is 25.9 Å². The van der Waals surface area contributed by atoms with Gasteiger partial charge in [-0.15, -0.1) is 11.3 Å². The van der Waals surface area contributed by atoms with Crippen LogP contribution in [0.3, 0.4) is 0 Å². The summed E-state index contributed by atoms with van der Waals surface area (Å²) in [5.74, 6) is 0.126. The maximum atomic E-state index is 12.7. The lowest BCUT2D eigenvalue weighted by molar-refractivity contribution is -0.138. The van der Waals surface area contributed by atoms with Crippen molar-refractivity contribution in [3.05, 3.63) is 35.2 Å². The van der Waals surface area contributed by atoms with E-state index in [9.17, 15) is 9.59 Å². The third-order valence-corrected chi connectivity index (χ3v) is 6.76. The summed E-state index contributed by atoms with van der Waals surface area (Å²) in [6, 6.07) is 8.42. The van der Waals surface area contributed by atoms with E-state index in [2.05, 4.69) is 39.9 Å². The fourth-order valence-electron chi connectivity index (χ4n) is 4.11. The van der Waals surface area contributed by atoms with Crippen molar-refractivity contribution in [1.29, 1.82) is 0 Å². The Bertz CT molecular complexity index is 847. The fraction of sp³-hybridized carbons (Fsp3) is 0.545. The van der Waals surface area contributed by atoms with Crippen molar-refractivity contribution in [3.63, 3.8) is 0 Å². The average Bonchev–Trinajstić information content (AvgIpc) is 3.22. The molecule has 2 fully saturated rings. The van der Waals surface area contributed by atoms with Crippen LogP contribution in [-0.2, 0) is 20.9 Å². The van der Waals surface area contributed by atoms with Crippen molar-refractivity contribution >= 4 is 33.2 Å². The van der Waals surface area contributed by atoms with Crippen LogP contribution in [0.4, 0.5) is 0 Å². The maximum Gasteiger partial charge on any atom is 0.225 e. The molecular formula is C22H29N3O3S. The number of fused-ring (bicyclic) bond motifs is 1. The number of carbonyl (C=O) groups is 2. The van der Waals surface area contributed by atoms with Crippen molar-refractivity contribution in [1.82, 2.24) is 15.1 Å². The van der Waals surface area contributed by atoms with Crippen LogP contribution in [0.1, 0.15) is 24.8 Å². The van der Waals surface area contributed by atoms with Crippen molar-refractivity contribution in [3.8, 4) is 0 Å². The average molecular weight is 416 g/mol. The first-order valence-corrected chi connectivity index (χ1v) is 11.4. The minimum Gasteiger partial charge on any atom is -0.379 e. The third kappa shape index (κ3) is 5.35. The number of benzene rings is 1. The number of nitrogens with zero attached hydrogens (tertiary/aromatic N) is 2. The van der Waals surface area contributed by atoms with Gasteiger partial charge in [0.15, 0.2) is 0 Å². The van der Waals surface area contributed by atoms with Crippen molar-refractivity contribution in [2.75, 3.05) is 45.9 Å². The minimum absolute atomic E-state index is 0.0566. The maximum absolute atomic E-state index is 12.7. The highest BCUT2D eigenvalue weighted by atomic mass is 32.1. The summed E-state index contributed by atoms with van der Waals surface area (Å²) in [7, 11) is 0. The number of ether oxygens (including phenoxy) is 1. The number of thiophene rings is 1. The number of nitrogens with one attached hydrogen (secondary N) is 1. The van der Waals surface area contributed by atoms with Gasteiger partial charge in [0.25, 0.3) is 0 Å². The number of piperidine rings is 1. The summed E-state index contributed by atoms with van der Waals surface area (Å²) < 4.78 is 6.64. The Hall–Kier alpha value is -1.96. The smallest absolute Gasteiger partial charge is 0.225 e. The number of likely N-dealkylation sites (tertiary alicyclic amines) is 1. The Kier molecular flexibility index (Phi) is 6.79. The van der Waals surface area contributed by atoms with Gasteiger partial charge in [0.1, 0.15) is 0 Å². The van der Waals surface area contributed by atoms with Crippen molar-refractivity contribution in [2.24, 2.45) is 5.92 Å². The van der Waals surface area contributed by atoms with E-state index in [0.717, 1.165) is 51.4 Å². The summed E-state index contributed by atoms with van der Waals surface area (Å²) in [5.41, 5.74) is 1.11. The quantitative estimate of drug-likeness (QED) is 0.755. The number of amides is 2. The molecule has 0 spiro atoms. The SMILES string of the molecule is O=C(NCc1ccc2sccc2c1)C1CCC(=O)N(CCCN2CCOCC2)C1. The molecule has 156 valence electrons. The summed E-state index contributed by atoms with van der Waals surface area (Å²) in [4.78, 5) is 29.2. The number of rotatable bonds is 7. The normalized spacial score (nSPS) is 20.9. The zero-order valence-electron chi connectivity index (χ0n) is 16.8. The van der Waals surface area contributed by atoms with Gasteiger partial charge >= 0.3 is 0 Å². The molecule has 0 saturated carbocycles. The van der Waals surface area contributed by atoms with Gasteiger partial charge in [-0.05, 0) is 47.4 Å². The van der Waals surface area contributed by atoms with E-state index in [-0.39, 0.29) is 17.7 Å². The van der Waals surface area contributed by atoms with Crippen molar-refractivity contribution < 1.29 is 14.3 Å². The molecule has 6 nitrogen and oxygen atoms in total. The second kappa shape index (κ2) is 9.69. The Morgan fingerprint density at radius 1 is 1.21 bits per heavy atom. The van der Waals surface area contributed by atoms with Crippen LogP contribution >= 0.6 is 11.3 Å². The zero-order valence-corrected chi connectivity index (χ0v) is 17.6. The topological polar surface area (TPSA) is 61.9 Å². The van der Waals surface area contributed by atoms with Gasteiger partial charge in [0.05, 0.1) is 19.1 Å². The Labute approximate surface area is 175 Å². The molecule has 1 unspecified atom stereocenters. The van der Waals surface area contributed by atoms with Crippen molar-refractivity contribution in [2.45, 2.75) is 25.8 Å². The molecule has 4 rings (SSSR count). The second-order valence-corrected chi connectivity index (χ2v) is 8.84. The van der Waals surface area contributed by atoms with Crippen LogP contribution < -0.4 is 5.32 Å². The summed E-state index contributed by atoms with van der Waals surface area (Å²) in [5, 5.41) is 6.38. The van der Waals surface area contributed by atoms with E-state index in [1.165, 1.54) is 10.1 Å². The van der Waals surface area contributed by atoms with Crippen LogP contribution in [0.5, 0.6) is 0 Å². The largest absolute Gasteiger partial charge is 0.379 e. The second-order valence-electron chi connectivity index (χ2n) is 7.89. The molecule has 0 aliphatic carbocycles. The molecule has 2 saturated heterocycles. The summed E-state index contributed by atoms with van der Waals surface area (Å²) in [6.45, 7) is 6.31. The van der Waals surface area contributed by atoms with Gasteiger partial charge < -0.3 is 15.0 Å². The zero-order chi connectivity index (χ0) is 20.1. The van der Waals surface area contributed by atoms with E-state index < -0.39 is 0 Å². The van der Waals surface area contributed by atoms with Gasteiger partial charge in [-0.3, -0.25) is 14.5 Å². The first-order chi connectivity index (χ1) is 14.2. The van der Waals surface area contributed by atoms with Crippen LogP contribution in [0, 0.1) is 5.92 Å². The molecule has 2 aliphatic rings. The molecule has 0 bridgehead atoms. The Balaban J connectivity index is 1.24. The Morgan fingerprint density at radius 3 is 2.93 bits per heavy atom. The molecular weight excluding hydrogens is 386 g/mol. The molecule has 1 aromatic heterocycles. The fourth-order valence-corrected chi connectivity index (χ4v) is 4.89. The molecule has 7 heteroatoms. The molecule has 1 atom stereocenters. The molecule has 2 aromatic rings. The van der Waals surface area contributed by atoms with Gasteiger partial charge in [0.2, 0.25) is 11.8 Å². The number of morpholine rings is 1. The lowest BCUT2D eigenvalue weighted by atomic mass is 9.96. The van der Waals surface area contributed by atoms with Crippen LogP contribution in [0.15, 0.2) is 29.6 Å². The molecule has 1 aromatic carbocycles. The van der Waals surface area contributed by atoms with E-state index >= 15 is 0 Å². The molecule has 0 radical (unpaired) electrons. The van der Waals surface area contributed by atoms with Gasteiger partial charge in [-0.1, -0.05) is 6.07 Å². The van der Waals surface area contributed by atoms with Gasteiger partial charge in [0, 0.05) is 50.4 Å². The molecule has 2 amide bonds. The standard InChI is InChI=1S/C22H29N3O3S/c26-21-5-3-19(16-25(21)8-1-7-24-9-11-28-12-10-24)22(27)23-15-17-2-4-20-18(14-17)6-13-29-20/h2,4,6,13-14,19H,1,3,5,7-12,15-16H2,(H,23,27). The first-order valence-electron chi connectivity index (χ1n) is 10.5. The van der Waals surface area contributed by atoms with E-state index in [1.54, 1.807) is 11.3 Å². The van der Waals surface area contributed by atoms with E-state index in [4.69, 9.17) is 4.74 Å². The van der Waals surface area contributed by atoms with Gasteiger partial charge in [-0.25, -0.2) is 0 Å². The van der Waals surface area contributed by atoms with Crippen LogP contribution in [-0.4, -0.2) is 67.6 Å². The molecule has 3 heterocycles. The number of carbonyl (C=O) groups excluding carboxylic acids is 2. The minimum atomic E-state index is -0.110.